The zero-order chi connectivity index (χ0) is 24.7. The molecule has 9 heteroatoms. The van der Waals surface area contributed by atoms with Crippen LogP contribution in [0.4, 0.5) is 11.4 Å². The average molecular weight is 469 g/mol. The molecule has 1 atom stereocenters. The molecule has 0 radical (unpaired) electrons. The maximum atomic E-state index is 12.5. The van der Waals surface area contributed by atoms with Crippen LogP contribution in [0.2, 0.25) is 0 Å². The molecular formula is C25H28N2O7. The van der Waals surface area contributed by atoms with E-state index in [0.29, 0.717) is 29.3 Å². The van der Waals surface area contributed by atoms with Gasteiger partial charge in [-0.25, -0.2) is 4.79 Å². The number of hydrogen-bond acceptors (Lipinski definition) is 7. The maximum absolute atomic E-state index is 12.5. The molecule has 1 fully saturated rings. The molecule has 1 saturated heterocycles. The van der Waals surface area contributed by atoms with Gasteiger partial charge in [0.25, 0.3) is 5.91 Å². The Labute approximate surface area is 198 Å². The topological polar surface area (TPSA) is 111 Å². The molecule has 0 spiro atoms. The highest BCUT2D eigenvalue weighted by Gasteiger charge is 2.36. The Morgan fingerprint density at radius 1 is 1.09 bits per heavy atom. The Bertz CT molecular complexity index is 1050. The number of para-hydroxylation sites is 2. The van der Waals surface area contributed by atoms with E-state index in [0.717, 1.165) is 0 Å². The van der Waals surface area contributed by atoms with Crippen molar-refractivity contribution in [3.63, 3.8) is 0 Å². The summed E-state index contributed by atoms with van der Waals surface area (Å²) in [6.45, 7) is 5.45. The van der Waals surface area contributed by atoms with Crippen LogP contribution in [0, 0.1) is 5.92 Å². The highest BCUT2D eigenvalue weighted by molar-refractivity contribution is 6.00. The molecule has 9 nitrogen and oxygen atoms in total. The van der Waals surface area contributed by atoms with E-state index in [1.165, 1.54) is 4.90 Å². The molecule has 2 aromatic rings. The first-order valence-electron chi connectivity index (χ1n) is 11.1. The third kappa shape index (κ3) is 6.34. The summed E-state index contributed by atoms with van der Waals surface area (Å²) in [5.74, 6) is -1.99. The summed E-state index contributed by atoms with van der Waals surface area (Å²) in [7, 11) is 0. The van der Waals surface area contributed by atoms with E-state index in [1.807, 2.05) is 6.92 Å². The smallest absolute Gasteiger partial charge is 0.338 e. The molecule has 0 aliphatic carbocycles. The Balaban J connectivity index is 1.53. The second-order valence-corrected chi connectivity index (χ2v) is 7.99. The van der Waals surface area contributed by atoms with Crippen molar-refractivity contribution >= 4 is 35.1 Å². The minimum atomic E-state index is -0.693. The molecular weight excluding hydrogens is 440 g/mol. The lowest BCUT2D eigenvalue weighted by atomic mass is 10.1. The number of amides is 2. The molecule has 0 bridgehead atoms. The Morgan fingerprint density at radius 2 is 1.79 bits per heavy atom. The zero-order valence-corrected chi connectivity index (χ0v) is 19.4. The number of hydrogen-bond donors (Lipinski definition) is 1. The Hall–Kier alpha value is -3.88. The average Bonchev–Trinajstić information content (AvgIpc) is 3.20. The summed E-state index contributed by atoms with van der Waals surface area (Å²) < 4.78 is 15.8. The molecule has 2 aromatic carbocycles. The van der Waals surface area contributed by atoms with Crippen LogP contribution >= 0.6 is 0 Å². The van der Waals surface area contributed by atoms with Crippen molar-refractivity contribution in [3.8, 4) is 5.75 Å². The van der Waals surface area contributed by atoms with E-state index in [4.69, 9.17) is 14.2 Å². The zero-order valence-electron chi connectivity index (χ0n) is 19.4. The van der Waals surface area contributed by atoms with Crippen LogP contribution in [-0.2, 0) is 23.9 Å². The largest absolute Gasteiger partial charge is 0.492 e. The fourth-order valence-corrected chi connectivity index (χ4v) is 3.47. The normalized spacial score (nSPS) is 15.2. The predicted octanol–water partition coefficient (Wildman–Crippen LogP) is 3.19. The van der Waals surface area contributed by atoms with Crippen molar-refractivity contribution in [2.45, 2.75) is 33.3 Å². The van der Waals surface area contributed by atoms with Gasteiger partial charge < -0.3 is 24.4 Å². The van der Waals surface area contributed by atoms with Crippen LogP contribution in [0.3, 0.4) is 0 Å². The highest BCUT2D eigenvalue weighted by atomic mass is 16.5. The second-order valence-electron chi connectivity index (χ2n) is 7.99. The quantitative estimate of drug-likeness (QED) is 0.563. The van der Waals surface area contributed by atoms with Gasteiger partial charge in [0.1, 0.15) is 5.75 Å². The second kappa shape index (κ2) is 11.3. The van der Waals surface area contributed by atoms with Crippen molar-refractivity contribution in [2.24, 2.45) is 5.92 Å². The van der Waals surface area contributed by atoms with E-state index < -0.39 is 30.4 Å². The summed E-state index contributed by atoms with van der Waals surface area (Å²) in [5, 5.41) is 2.65. The third-order valence-corrected chi connectivity index (χ3v) is 5.02. The lowest BCUT2D eigenvalue weighted by Gasteiger charge is -2.17. The number of anilines is 2. The van der Waals surface area contributed by atoms with Gasteiger partial charge in [-0.3, -0.25) is 14.4 Å². The van der Waals surface area contributed by atoms with Gasteiger partial charge in [0, 0.05) is 18.7 Å². The fraction of sp³-hybridized carbons (Fsp3) is 0.360. The van der Waals surface area contributed by atoms with Gasteiger partial charge in [-0.1, -0.05) is 12.1 Å². The number of carbonyl (C=O) groups is 4. The van der Waals surface area contributed by atoms with Gasteiger partial charge in [-0.05, 0) is 57.2 Å². The first-order valence-corrected chi connectivity index (χ1v) is 11.1. The third-order valence-electron chi connectivity index (χ3n) is 5.02. The van der Waals surface area contributed by atoms with Crippen molar-refractivity contribution in [1.82, 2.24) is 0 Å². The van der Waals surface area contributed by atoms with E-state index in [1.54, 1.807) is 62.4 Å². The van der Waals surface area contributed by atoms with Crippen LogP contribution in [-0.4, -0.2) is 49.6 Å². The van der Waals surface area contributed by atoms with E-state index in [-0.39, 0.29) is 25.0 Å². The molecule has 180 valence electrons. The van der Waals surface area contributed by atoms with Gasteiger partial charge in [0.2, 0.25) is 5.91 Å². The predicted molar refractivity (Wildman–Crippen MR) is 125 cm³/mol. The maximum Gasteiger partial charge on any atom is 0.338 e. The van der Waals surface area contributed by atoms with Crippen molar-refractivity contribution in [2.75, 3.05) is 30.0 Å². The summed E-state index contributed by atoms with van der Waals surface area (Å²) in [5.41, 5.74) is 1.41. The van der Waals surface area contributed by atoms with E-state index in [2.05, 4.69) is 5.32 Å². The monoisotopic (exact) mass is 468 g/mol. The Morgan fingerprint density at radius 3 is 2.47 bits per heavy atom. The van der Waals surface area contributed by atoms with Gasteiger partial charge >= 0.3 is 11.9 Å². The lowest BCUT2D eigenvalue weighted by Crippen LogP contribution is -2.28. The van der Waals surface area contributed by atoms with Crippen LogP contribution in [0.5, 0.6) is 5.75 Å². The highest BCUT2D eigenvalue weighted by Crippen LogP contribution is 2.27. The standard InChI is InChI=1S/C25H28N2O7/c1-4-32-21-8-6-5-7-20(21)26-22(28)15-33-24(30)18-13-23(29)27(14-18)19-11-9-17(10-12-19)25(31)34-16(2)3/h5-12,16,18H,4,13-15H2,1-3H3,(H,26,28)/t18-/m0/s1. The molecule has 0 unspecified atom stereocenters. The molecule has 2 amide bonds. The van der Waals surface area contributed by atoms with E-state index >= 15 is 0 Å². The first kappa shape index (κ1) is 24.8. The minimum Gasteiger partial charge on any atom is -0.492 e. The van der Waals surface area contributed by atoms with Gasteiger partial charge in [-0.2, -0.15) is 0 Å². The van der Waals surface area contributed by atoms with E-state index in [9.17, 15) is 19.2 Å². The summed E-state index contributed by atoms with van der Waals surface area (Å²) in [4.78, 5) is 50.6. The minimum absolute atomic E-state index is 0.0230. The fourth-order valence-electron chi connectivity index (χ4n) is 3.47. The molecule has 1 aliphatic heterocycles. The molecule has 1 aliphatic rings. The van der Waals surface area contributed by atoms with Crippen LogP contribution < -0.4 is 15.0 Å². The number of benzene rings is 2. The van der Waals surface area contributed by atoms with Crippen LogP contribution in [0.25, 0.3) is 0 Å². The van der Waals surface area contributed by atoms with Crippen molar-refractivity contribution in [1.29, 1.82) is 0 Å². The first-order chi connectivity index (χ1) is 16.3. The van der Waals surface area contributed by atoms with Crippen molar-refractivity contribution in [3.05, 3.63) is 54.1 Å². The van der Waals surface area contributed by atoms with Gasteiger partial charge in [0.15, 0.2) is 6.61 Å². The van der Waals surface area contributed by atoms with Gasteiger partial charge in [-0.15, -0.1) is 0 Å². The molecule has 1 heterocycles. The molecule has 0 saturated carbocycles. The van der Waals surface area contributed by atoms with Crippen molar-refractivity contribution < 1.29 is 33.4 Å². The van der Waals surface area contributed by atoms with Crippen LogP contribution in [0.1, 0.15) is 37.6 Å². The summed E-state index contributed by atoms with van der Waals surface area (Å²) in [6, 6.07) is 13.4. The number of rotatable bonds is 9. The molecule has 0 aromatic heterocycles. The molecule has 34 heavy (non-hydrogen) atoms. The number of ether oxygens (including phenoxy) is 3. The Kier molecular flexibility index (Phi) is 8.24. The SMILES string of the molecule is CCOc1ccccc1NC(=O)COC(=O)[C@H]1CC(=O)N(c2ccc(C(=O)OC(C)C)cc2)C1. The molecule has 3 rings (SSSR count). The lowest BCUT2D eigenvalue weighted by molar-refractivity contribution is -0.151. The number of carbonyl (C=O) groups excluding carboxylic acids is 4. The number of nitrogens with zero attached hydrogens (tertiary/aromatic N) is 1. The molecule has 1 N–H and O–H groups in total. The summed E-state index contributed by atoms with van der Waals surface area (Å²) in [6.07, 6.45) is -0.259. The van der Waals surface area contributed by atoms with Gasteiger partial charge in [0.05, 0.1) is 29.9 Å². The number of esters is 2. The summed E-state index contributed by atoms with van der Waals surface area (Å²) >= 11 is 0. The number of nitrogens with one attached hydrogen (secondary N) is 1. The van der Waals surface area contributed by atoms with Crippen LogP contribution in [0.15, 0.2) is 48.5 Å².